The van der Waals surface area contributed by atoms with E-state index in [0.29, 0.717) is 19.5 Å². The molecule has 1 spiro atoms. The van der Waals surface area contributed by atoms with Crippen LogP contribution in [0.3, 0.4) is 0 Å². The number of amides is 2. The number of carbonyl (C=O) groups is 2. The van der Waals surface area contributed by atoms with E-state index >= 15 is 0 Å². The Morgan fingerprint density at radius 3 is 2.77 bits per heavy atom. The number of rotatable bonds is 6. The van der Waals surface area contributed by atoms with Crippen LogP contribution in [-0.4, -0.2) is 53.7 Å². The molecule has 30 heavy (non-hydrogen) atoms. The van der Waals surface area contributed by atoms with Crippen molar-refractivity contribution in [1.82, 2.24) is 4.90 Å². The second-order valence-electron chi connectivity index (χ2n) is 8.29. The summed E-state index contributed by atoms with van der Waals surface area (Å²) >= 11 is 0. The zero-order valence-corrected chi connectivity index (χ0v) is 16.7. The third-order valence-corrected chi connectivity index (χ3v) is 6.41. The van der Waals surface area contributed by atoms with Gasteiger partial charge in [-0.05, 0) is 30.2 Å². The first-order valence-electron chi connectivity index (χ1n) is 10.2. The van der Waals surface area contributed by atoms with Gasteiger partial charge in [0.2, 0.25) is 11.8 Å². The molecule has 1 N–H and O–H groups in total. The van der Waals surface area contributed by atoms with Gasteiger partial charge < -0.3 is 24.1 Å². The number of hydrogen-bond acceptors (Lipinski definition) is 5. The SMILES string of the molecule is CN(Cc1ccoc1)C(=O)[C@@H]1[C@@H]2C=C[C@@]3(CN(c4ccc(CCO)cc4)C(=O)[C@H]13)O2. The van der Waals surface area contributed by atoms with Gasteiger partial charge >= 0.3 is 0 Å². The van der Waals surface area contributed by atoms with E-state index < -0.39 is 17.4 Å². The molecule has 2 amide bonds. The highest BCUT2D eigenvalue weighted by Gasteiger charge is 2.67. The van der Waals surface area contributed by atoms with Gasteiger partial charge in [0.25, 0.3) is 0 Å². The molecule has 0 saturated carbocycles. The Hall–Kier alpha value is -2.90. The van der Waals surface area contributed by atoms with Gasteiger partial charge in [0.1, 0.15) is 5.60 Å². The van der Waals surface area contributed by atoms with E-state index in [1.165, 1.54) is 0 Å². The zero-order valence-electron chi connectivity index (χ0n) is 16.7. The molecule has 4 atom stereocenters. The maximum atomic E-state index is 13.4. The van der Waals surface area contributed by atoms with Gasteiger partial charge in [-0.2, -0.15) is 0 Å². The van der Waals surface area contributed by atoms with Gasteiger partial charge in [0.05, 0.1) is 37.0 Å². The maximum absolute atomic E-state index is 13.4. The Balaban J connectivity index is 1.39. The van der Waals surface area contributed by atoms with Crippen molar-refractivity contribution in [2.45, 2.75) is 24.7 Å². The monoisotopic (exact) mass is 408 g/mol. The van der Waals surface area contributed by atoms with E-state index in [1.54, 1.807) is 29.4 Å². The second kappa shape index (κ2) is 7.11. The molecule has 5 rings (SSSR count). The van der Waals surface area contributed by atoms with Crippen LogP contribution in [0.5, 0.6) is 0 Å². The van der Waals surface area contributed by atoms with Crippen molar-refractivity contribution < 1.29 is 23.8 Å². The van der Waals surface area contributed by atoms with Crippen molar-refractivity contribution in [3.8, 4) is 0 Å². The molecule has 0 radical (unpaired) electrons. The number of aliphatic hydroxyl groups is 1. The second-order valence-corrected chi connectivity index (χ2v) is 8.29. The molecule has 3 aliphatic heterocycles. The lowest BCUT2D eigenvalue weighted by Gasteiger charge is -2.27. The molecule has 2 aromatic rings. The van der Waals surface area contributed by atoms with Crippen molar-refractivity contribution >= 4 is 17.5 Å². The standard InChI is InChI=1S/C23H24N2O5/c1-24(12-16-8-11-29-13-16)21(27)19-18-6-9-23(30-18)14-25(22(28)20(19)23)17-4-2-15(3-5-17)7-10-26/h2-6,8-9,11,13,18-20,26H,7,10,12,14H2,1H3/t18-,19+,20-,23-/m0/s1. The average molecular weight is 408 g/mol. The minimum absolute atomic E-state index is 0.0770. The van der Waals surface area contributed by atoms with Crippen LogP contribution in [0.25, 0.3) is 0 Å². The predicted octanol–water partition coefficient (Wildman–Crippen LogP) is 1.76. The number of nitrogens with zero attached hydrogens (tertiary/aromatic N) is 2. The van der Waals surface area contributed by atoms with Gasteiger partial charge in [0.15, 0.2) is 0 Å². The van der Waals surface area contributed by atoms with Gasteiger partial charge in [-0.25, -0.2) is 0 Å². The quantitative estimate of drug-likeness (QED) is 0.737. The summed E-state index contributed by atoms with van der Waals surface area (Å²) in [6.07, 6.45) is 7.29. The largest absolute Gasteiger partial charge is 0.472 e. The van der Waals surface area contributed by atoms with Crippen LogP contribution in [0.4, 0.5) is 5.69 Å². The summed E-state index contributed by atoms with van der Waals surface area (Å²) in [4.78, 5) is 30.1. The first-order chi connectivity index (χ1) is 14.5. The normalized spacial score (nSPS) is 28.9. The predicted molar refractivity (Wildman–Crippen MR) is 108 cm³/mol. The smallest absolute Gasteiger partial charge is 0.234 e. The highest BCUT2D eigenvalue weighted by atomic mass is 16.5. The first-order valence-corrected chi connectivity index (χ1v) is 10.2. The summed E-state index contributed by atoms with van der Waals surface area (Å²) in [5.74, 6) is -1.22. The minimum atomic E-state index is -0.748. The van der Waals surface area contributed by atoms with Crippen LogP contribution in [0.2, 0.25) is 0 Å². The number of aliphatic hydroxyl groups excluding tert-OH is 1. The van der Waals surface area contributed by atoms with Crippen molar-refractivity contribution in [3.63, 3.8) is 0 Å². The van der Waals surface area contributed by atoms with Crippen molar-refractivity contribution in [1.29, 1.82) is 0 Å². The summed E-state index contributed by atoms with van der Waals surface area (Å²) in [5.41, 5.74) is 1.95. The lowest BCUT2D eigenvalue weighted by Crippen LogP contribution is -2.44. The number of anilines is 1. The molecule has 7 heteroatoms. The number of hydrogen-bond donors (Lipinski definition) is 1. The molecule has 7 nitrogen and oxygen atoms in total. The molecular weight excluding hydrogens is 384 g/mol. The zero-order chi connectivity index (χ0) is 20.9. The van der Waals surface area contributed by atoms with Crippen LogP contribution < -0.4 is 4.90 Å². The molecule has 2 bridgehead atoms. The number of furan rings is 1. The maximum Gasteiger partial charge on any atom is 0.234 e. The molecule has 2 saturated heterocycles. The summed E-state index contributed by atoms with van der Waals surface area (Å²) < 4.78 is 11.3. The lowest BCUT2D eigenvalue weighted by atomic mass is 9.76. The van der Waals surface area contributed by atoms with E-state index in [1.807, 2.05) is 42.5 Å². The van der Waals surface area contributed by atoms with Crippen molar-refractivity contribution in [2.24, 2.45) is 11.8 Å². The average Bonchev–Trinajstić information content (AvgIpc) is 3.51. The minimum Gasteiger partial charge on any atom is -0.472 e. The molecule has 1 aromatic carbocycles. The Morgan fingerprint density at radius 2 is 2.07 bits per heavy atom. The van der Waals surface area contributed by atoms with Crippen molar-refractivity contribution in [2.75, 3.05) is 25.1 Å². The van der Waals surface area contributed by atoms with E-state index in [2.05, 4.69) is 0 Å². The molecule has 3 aliphatic rings. The molecular formula is C23H24N2O5. The van der Waals surface area contributed by atoms with Crippen LogP contribution in [0.1, 0.15) is 11.1 Å². The summed E-state index contributed by atoms with van der Waals surface area (Å²) in [7, 11) is 1.74. The van der Waals surface area contributed by atoms with E-state index in [9.17, 15) is 9.59 Å². The van der Waals surface area contributed by atoms with Gasteiger partial charge in [-0.3, -0.25) is 9.59 Å². The third-order valence-electron chi connectivity index (χ3n) is 6.41. The molecule has 1 aromatic heterocycles. The topological polar surface area (TPSA) is 83.2 Å². The van der Waals surface area contributed by atoms with Crippen LogP contribution in [-0.2, 0) is 27.3 Å². The Labute approximate surface area is 174 Å². The van der Waals surface area contributed by atoms with Crippen LogP contribution in [0, 0.1) is 11.8 Å². The molecule has 4 heterocycles. The molecule has 0 aliphatic carbocycles. The van der Waals surface area contributed by atoms with E-state index in [-0.39, 0.29) is 24.5 Å². The van der Waals surface area contributed by atoms with E-state index in [4.69, 9.17) is 14.3 Å². The Kier molecular flexibility index (Phi) is 4.52. The Morgan fingerprint density at radius 1 is 1.27 bits per heavy atom. The fourth-order valence-corrected chi connectivity index (χ4v) is 4.96. The van der Waals surface area contributed by atoms with Gasteiger partial charge in [-0.1, -0.05) is 24.3 Å². The van der Waals surface area contributed by atoms with E-state index in [0.717, 1.165) is 16.8 Å². The molecule has 156 valence electrons. The summed E-state index contributed by atoms with van der Waals surface area (Å²) in [6, 6.07) is 9.43. The Bertz CT molecular complexity index is 984. The van der Waals surface area contributed by atoms with Crippen molar-refractivity contribution in [3.05, 3.63) is 66.1 Å². The summed E-state index contributed by atoms with van der Waals surface area (Å²) in [6.45, 7) is 0.910. The van der Waals surface area contributed by atoms with Crippen LogP contribution >= 0.6 is 0 Å². The lowest BCUT2D eigenvalue weighted by molar-refractivity contribution is -0.139. The first kappa shape index (κ1) is 19.1. The number of carbonyl (C=O) groups excluding carboxylic acids is 2. The summed E-state index contributed by atoms with van der Waals surface area (Å²) in [5, 5.41) is 9.10. The fourth-order valence-electron chi connectivity index (χ4n) is 4.96. The molecule has 2 fully saturated rings. The van der Waals surface area contributed by atoms with Gasteiger partial charge in [0, 0.05) is 31.5 Å². The fraction of sp³-hybridized carbons (Fsp3) is 0.391. The molecule has 0 unspecified atom stereocenters. The van der Waals surface area contributed by atoms with Crippen LogP contribution in [0.15, 0.2) is 59.4 Å². The number of ether oxygens (including phenoxy) is 1. The third kappa shape index (κ3) is 2.88. The van der Waals surface area contributed by atoms with Gasteiger partial charge in [-0.15, -0.1) is 0 Å². The highest BCUT2D eigenvalue weighted by Crippen LogP contribution is 2.53. The highest BCUT2D eigenvalue weighted by molar-refractivity contribution is 6.03. The number of benzene rings is 1. The number of fused-ring (bicyclic) bond motifs is 1.